The highest BCUT2D eigenvalue weighted by atomic mass is 16.3. The summed E-state index contributed by atoms with van der Waals surface area (Å²) in [6, 6.07) is 9.52. The molecule has 0 saturated carbocycles. The van der Waals surface area contributed by atoms with Crippen molar-refractivity contribution in [3.63, 3.8) is 0 Å². The monoisotopic (exact) mass is 404 g/mol. The summed E-state index contributed by atoms with van der Waals surface area (Å²) in [5.41, 5.74) is 3.38. The topological polar surface area (TPSA) is 87.5 Å². The van der Waals surface area contributed by atoms with Crippen molar-refractivity contribution in [2.24, 2.45) is 0 Å². The molecule has 2 N–H and O–H groups in total. The molecule has 3 aromatic rings. The maximum Gasteiger partial charge on any atom is 0.246 e. The molecule has 154 valence electrons. The second-order valence-corrected chi connectivity index (χ2v) is 7.44. The Hall–Kier alpha value is -3.61. The number of aromatic nitrogens is 1. The molecule has 7 nitrogen and oxygen atoms in total. The summed E-state index contributed by atoms with van der Waals surface area (Å²) in [6.45, 7) is 4.51. The lowest BCUT2D eigenvalue weighted by Crippen LogP contribution is -2.28. The zero-order valence-electron chi connectivity index (χ0n) is 17.2. The number of carbonyl (C=O) groups is 2. The number of nitrogens with zero attached hydrogens (tertiary/aromatic N) is 2. The number of furan rings is 1. The molecule has 3 heterocycles. The van der Waals surface area contributed by atoms with Gasteiger partial charge in [0.1, 0.15) is 11.3 Å². The number of aryl methyl sites for hydroxylation is 1. The molecule has 1 aromatic carbocycles. The maximum atomic E-state index is 12.7. The lowest BCUT2D eigenvalue weighted by Gasteiger charge is -2.22. The standard InChI is InChI=1S/C23H24N4O3/c1-14-17-6-4-5-7-19(17)30-22(14)15(2)27(3)21(29)9-8-16-12-18-23(25-13-16)26-20(28)10-11-24-18/h4-9,12-13,15,24H,10-11H2,1-3H3,(H,25,26,28). The number of hydrogen-bond acceptors (Lipinski definition) is 5. The van der Waals surface area contributed by atoms with Gasteiger partial charge in [0.05, 0.1) is 11.7 Å². The number of rotatable bonds is 4. The molecule has 0 radical (unpaired) electrons. The van der Waals surface area contributed by atoms with Gasteiger partial charge in [-0.05, 0) is 37.6 Å². The average molecular weight is 404 g/mol. The van der Waals surface area contributed by atoms with E-state index >= 15 is 0 Å². The van der Waals surface area contributed by atoms with Gasteiger partial charge in [0, 0.05) is 43.2 Å². The fraction of sp³-hybridized carbons (Fsp3) is 0.261. The van der Waals surface area contributed by atoms with E-state index in [2.05, 4.69) is 15.6 Å². The second kappa shape index (κ2) is 8.02. The first-order valence-electron chi connectivity index (χ1n) is 9.90. The first-order chi connectivity index (χ1) is 14.4. The van der Waals surface area contributed by atoms with E-state index in [1.807, 2.05) is 44.2 Å². The summed E-state index contributed by atoms with van der Waals surface area (Å²) in [7, 11) is 1.76. The third-order valence-electron chi connectivity index (χ3n) is 5.44. The van der Waals surface area contributed by atoms with E-state index in [1.54, 1.807) is 24.2 Å². The van der Waals surface area contributed by atoms with Gasteiger partial charge in [-0.1, -0.05) is 18.2 Å². The number of carbonyl (C=O) groups excluding carboxylic acids is 2. The Kier molecular flexibility index (Phi) is 5.27. The SMILES string of the molecule is Cc1c(C(C)N(C)C(=O)C=Cc2cnc3c(c2)NCCC(=O)N3)oc2ccccc12. The highest BCUT2D eigenvalue weighted by molar-refractivity contribution is 5.95. The van der Waals surface area contributed by atoms with Gasteiger partial charge in [0.2, 0.25) is 11.8 Å². The van der Waals surface area contributed by atoms with Gasteiger partial charge in [0.15, 0.2) is 5.82 Å². The number of nitrogens with one attached hydrogen (secondary N) is 2. The molecule has 7 heteroatoms. The molecule has 0 bridgehead atoms. The fourth-order valence-electron chi connectivity index (χ4n) is 3.56. The predicted octanol–water partition coefficient (Wildman–Crippen LogP) is 4.12. The molecular weight excluding hydrogens is 380 g/mol. The van der Waals surface area contributed by atoms with E-state index < -0.39 is 0 Å². The predicted molar refractivity (Wildman–Crippen MR) is 117 cm³/mol. The van der Waals surface area contributed by atoms with Crippen LogP contribution >= 0.6 is 0 Å². The molecule has 0 aliphatic carbocycles. The van der Waals surface area contributed by atoms with Gasteiger partial charge >= 0.3 is 0 Å². The molecule has 1 atom stereocenters. The van der Waals surface area contributed by atoms with Gasteiger partial charge in [-0.15, -0.1) is 0 Å². The highest BCUT2D eigenvalue weighted by Crippen LogP contribution is 2.31. The smallest absolute Gasteiger partial charge is 0.246 e. The average Bonchev–Trinajstić information content (AvgIpc) is 2.96. The summed E-state index contributed by atoms with van der Waals surface area (Å²) in [4.78, 5) is 30.3. The van der Waals surface area contributed by atoms with Crippen LogP contribution in [0.3, 0.4) is 0 Å². The molecule has 2 amide bonds. The second-order valence-electron chi connectivity index (χ2n) is 7.44. The van der Waals surface area contributed by atoms with E-state index in [4.69, 9.17) is 4.42 Å². The molecular formula is C23H24N4O3. The van der Waals surface area contributed by atoms with Crippen molar-refractivity contribution in [3.05, 3.63) is 59.5 Å². The summed E-state index contributed by atoms with van der Waals surface area (Å²) in [5.74, 6) is 1.08. The summed E-state index contributed by atoms with van der Waals surface area (Å²) in [5, 5.41) is 7.00. The molecule has 1 unspecified atom stereocenters. The number of anilines is 2. The quantitative estimate of drug-likeness (QED) is 0.639. The molecule has 30 heavy (non-hydrogen) atoms. The van der Waals surface area contributed by atoms with Crippen molar-refractivity contribution < 1.29 is 14.0 Å². The number of benzene rings is 1. The van der Waals surface area contributed by atoms with Crippen molar-refractivity contribution in [2.75, 3.05) is 24.2 Å². The number of likely N-dealkylation sites (N-methyl/N-ethyl adjacent to an activating group) is 1. The lowest BCUT2D eigenvalue weighted by atomic mass is 10.1. The van der Waals surface area contributed by atoms with E-state index in [1.165, 1.54) is 6.08 Å². The van der Waals surface area contributed by atoms with E-state index in [0.29, 0.717) is 18.8 Å². The van der Waals surface area contributed by atoms with Crippen LogP contribution in [0.2, 0.25) is 0 Å². The molecule has 2 aromatic heterocycles. The number of pyridine rings is 1. The minimum Gasteiger partial charge on any atom is -0.459 e. The molecule has 1 aliphatic heterocycles. The van der Waals surface area contributed by atoms with Crippen LogP contribution in [0.5, 0.6) is 0 Å². The van der Waals surface area contributed by atoms with Crippen molar-refractivity contribution in [1.29, 1.82) is 0 Å². The van der Waals surface area contributed by atoms with Crippen molar-refractivity contribution in [3.8, 4) is 0 Å². The Labute approximate surface area is 174 Å². The molecule has 1 aliphatic rings. The van der Waals surface area contributed by atoms with Crippen molar-refractivity contribution >= 4 is 40.4 Å². The van der Waals surface area contributed by atoms with Crippen molar-refractivity contribution in [1.82, 2.24) is 9.88 Å². The van der Waals surface area contributed by atoms with Gasteiger partial charge in [-0.2, -0.15) is 0 Å². The Morgan fingerprint density at radius 2 is 2.13 bits per heavy atom. The van der Waals surface area contributed by atoms with Crippen LogP contribution in [0.25, 0.3) is 17.0 Å². The Bertz CT molecular complexity index is 1150. The van der Waals surface area contributed by atoms with Crippen LogP contribution in [0.4, 0.5) is 11.5 Å². The summed E-state index contributed by atoms with van der Waals surface area (Å²) in [6.07, 6.45) is 5.26. The summed E-state index contributed by atoms with van der Waals surface area (Å²) < 4.78 is 6.01. The van der Waals surface area contributed by atoms with Crippen LogP contribution in [-0.4, -0.2) is 35.3 Å². The largest absolute Gasteiger partial charge is 0.459 e. The van der Waals surface area contributed by atoms with Crippen LogP contribution in [0.1, 0.15) is 36.3 Å². The Morgan fingerprint density at radius 3 is 2.93 bits per heavy atom. The van der Waals surface area contributed by atoms with Crippen LogP contribution in [-0.2, 0) is 9.59 Å². The minimum absolute atomic E-state index is 0.0660. The zero-order chi connectivity index (χ0) is 21.3. The number of para-hydroxylation sites is 1. The molecule has 4 rings (SSSR count). The molecule has 0 saturated heterocycles. The number of hydrogen-bond donors (Lipinski definition) is 2. The summed E-state index contributed by atoms with van der Waals surface area (Å²) >= 11 is 0. The normalized spacial score (nSPS) is 14.7. The third kappa shape index (κ3) is 3.78. The van der Waals surface area contributed by atoms with E-state index in [0.717, 1.165) is 33.5 Å². The molecule has 0 fully saturated rings. The first-order valence-corrected chi connectivity index (χ1v) is 9.90. The Balaban J connectivity index is 1.50. The lowest BCUT2D eigenvalue weighted by molar-refractivity contribution is -0.126. The molecule has 0 spiro atoms. The van der Waals surface area contributed by atoms with Gasteiger partial charge < -0.3 is 20.0 Å². The van der Waals surface area contributed by atoms with Gasteiger partial charge in [-0.25, -0.2) is 4.98 Å². The fourth-order valence-corrected chi connectivity index (χ4v) is 3.56. The number of fused-ring (bicyclic) bond motifs is 2. The third-order valence-corrected chi connectivity index (χ3v) is 5.44. The zero-order valence-corrected chi connectivity index (χ0v) is 17.2. The minimum atomic E-state index is -0.211. The van der Waals surface area contributed by atoms with Gasteiger partial charge in [0.25, 0.3) is 0 Å². The Morgan fingerprint density at radius 1 is 1.33 bits per heavy atom. The van der Waals surface area contributed by atoms with E-state index in [9.17, 15) is 9.59 Å². The van der Waals surface area contributed by atoms with Crippen LogP contribution in [0, 0.1) is 6.92 Å². The van der Waals surface area contributed by atoms with Gasteiger partial charge in [-0.3, -0.25) is 9.59 Å². The maximum absolute atomic E-state index is 12.7. The van der Waals surface area contributed by atoms with Crippen molar-refractivity contribution in [2.45, 2.75) is 26.3 Å². The highest BCUT2D eigenvalue weighted by Gasteiger charge is 2.22. The van der Waals surface area contributed by atoms with Crippen LogP contribution in [0.15, 0.2) is 47.0 Å². The van der Waals surface area contributed by atoms with Crippen LogP contribution < -0.4 is 10.6 Å². The van der Waals surface area contributed by atoms with E-state index in [-0.39, 0.29) is 17.9 Å². The first kappa shape index (κ1) is 19.7. The number of amides is 2.